The molecule has 0 aromatic carbocycles. The fraction of sp³-hybridized carbons (Fsp3) is 0.727. The standard InChI is InChI=1S/C33H48O7/c1-19(2)29-22(5)12-13-32(40-29)17-26-16-25(39-32)11-10-21(4)14-20(3)8-7-9-24-18-37-30-28(34)23(6)15-27(31(35)38-26)33(24,30)36/h7-10,15,19-20,22,25-30,34,36H,11-14,16-18H2,1-6H3/b8-7+,21-10+,24-9+/t20-,22-,25?,26?,27?,28+,29+,30?,32+,33+/m0/s1. The Balaban J connectivity index is 1.51. The molecule has 5 rings (SSSR count). The second-order valence-electron chi connectivity index (χ2n) is 13.4. The summed E-state index contributed by atoms with van der Waals surface area (Å²) in [5, 5.41) is 22.9. The molecule has 4 unspecified atom stereocenters. The molecule has 0 amide bonds. The zero-order chi connectivity index (χ0) is 28.8. The molecule has 0 saturated carbocycles. The summed E-state index contributed by atoms with van der Waals surface area (Å²) in [6.45, 7) is 12.8. The number of rotatable bonds is 1. The number of fused-ring (bicyclic) bond motifs is 2. The van der Waals surface area contributed by atoms with Crippen molar-refractivity contribution in [3.05, 3.63) is 47.1 Å². The van der Waals surface area contributed by atoms with E-state index >= 15 is 0 Å². The van der Waals surface area contributed by atoms with Gasteiger partial charge in [-0.25, -0.2) is 0 Å². The minimum atomic E-state index is -1.68. The van der Waals surface area contributed by atoms with E-state index in [1.807, 2.05) is 12.2 Å². The van der Waals surface area contributed by atoms with Crippen molar-refractivity contribution in [1.82, 2.24) is 0 Å². The maximum Gasteiger partial charge on any atom is 0.316 e. The summed E-state index contributed by atoms with van der Waals surface area (Å²) in [5.74, 6) is -1.22. The average molecular weight is 557 g/mol. The minimum absolute atomic E-state index is 0.0712. The van der Waals surface area contributed by atoms with Crippen LogP contribution in [0.5, 0.6) is 0 Å². The molecular weight excluding hydrogens is 508 g/mol. The molecule has 4 heterocycles. The molecule has 7 nitrogen and oxygen atoms in total. The molecule has 5 aliphatic rings. The Morgan fingerprint density at radius 3 is 2.65 bits per heavy atom. The van der Waals surface area contributed by atoms with Crippen LogP contribution < -0.4 is 0 Å². The summed E-state index contributed by atoms with van der Waals surface area (Å²) in [6.07, 6.45) is 11.8. The van der Waals surface area contributed by atoms with E-state index in [9.17, 15) is 15.0 Å². The quantitative estimate of drug-likeness (QED) is 0.340. The Hall–Kier alpha value is -1.77. The van der Waals surface area contributed by atoms with Gasteiger partial charge in [0, 0.05) is 19.3 Å². The fourth-order valence-corrected chi connectivity index (χ4v) is 7.48. The number of carbonyl (C=O) groups is 1. The molecule has 4 aliphatic heterocycles. The van der Waals surface area contributed by atoms with Crippen LogP contribution in [-0.4, -0.2) is 64.7 Å². The second kappa shape index (κ2) is 11.5. The fourth-order valence-electron chi connectivity index (χ4n) is 7.48. The Labute approximate surface area is 239 Å². The number of aliphatic hydroxyl groups is 2. The van der Waals surface area contributed by atoms with E-state index in [4.69, 9.17) is 18.9 Å². The molecule has 7 heteroatoms. The van der Waals surface area contributed by atoms with Gasteiger partial charge in [-0.15, -0.1) is 0 Å². The maximum absolute atomic E-state index is 13.9. The van der Waals surface area contributed by atoms with Crippen LogP contribution in [0.3, 0.4) is 0 Å². The van der Waals surface area contributed by atoms with Crippen LogP contribution in [-0.2, 0) is 23.7 Å². The van der Waals surface area contributed by atoms with E-state index in [-0.39, 0.29) is 24.7 Å². The molecule has 0 radical (unpaired) electrons. The number of aliphatic hydroxyl groups excluding tert-OH is 1. The van der Waals surface area contributed by atoms with Crippen molar-refractivity contribution in [3.8, 4) is 0 Å². The number of allylic oxidation sites excluding steroid dienone is 4. The summed E-state index contributed by atoms with van der Waals surface area (Å²) in [6, 6.07) is 0. The monoisotopic (exact) mass is 556 g/mol. The summed E-state index contributed by atoms with van der Waals surface area (Å²) in [4.78, 5) is 13.9. The van der Waals surface area contributed by atoms with Gasteiger partial charge in [-0.05, 0) is 62.0 Å². The SMILES string of the molecule is CC1=CC2C(=O)OC3CC(C/C=C(\C)C[C@@H](C)/C=C/C=C4\COC([C@@H]1O)[C@@]42O)O[C@@]1(CC[C@H](C)[C@@H](C(C)C)O1)C3. The Kier molecular flexibility index (Phi) is 8.53. The Morgan fingerprint density at radius 1 is 1.12 bits per heavy atom. The van der Waals surface area contributed by atoms with E-state index in [0.717, 1.165) is 25.7 Å². The van der Waals surface area contributed by atoms with Crippen molar-refractivity contribution in [1.29, 1.82) is 0 Å². The molecule has 1 aliphatic carbocycles. The van der Waals surface area contributed by atoms with Gasteiger partial charge in [0.2, 0.25) is 0 Å². The van der Waals surface area contributed by atoms with Crippen LogP contribution in [0.25, 0.3) is 0 Å². The highest BCUT2D eigenvalue weighted by atomic mass is 16.7. The molecule has 0 aromatic rings. The third-order valence-electron chi connectivity index (χ3n) is 9.67. The van der Waals surface area contributed by atoms with Gasteiger partial charge in [0.1, 0.15) is 29.8 Å². The number of esters is 1. The molecular formula is C33H48O7. The Morgan fingerprint density at radius 2 is 1.90 bits per heavy atom. The van der Waals surface area contributed by atoms with E-state index < -0.39 is 41.6 Å². The molecule has 3 fully saturated rings. The number of hydrogen-bond acceptors (Lipinski definition) is 7. The van der Waals surface area contributed by atoms with Crippen LogP contribution >= 0.6 is 0 Å². The first-order valence-corrected chi connectivity index (χ1v) is 15.2. The molecule has 0 aromatic heterocycles. The molecule has 3 saturated heterocycles. The summed E-state index contributed by atoms with van der Waals surface area (Å²) in [7, 11) is 0. The van der Waals surface area contributed by atoms with E-state index in [0.29, 0.717) is 35.8 Å². The first kappa shape index (κ1) is 29.7. The minimum Gasteiger partial charge on any atom is -0.462 e. The topological polar surface area (TPSA) is 94.5 Å². The van der Waals surface area contributed by atoms with Gasteiger partial charge in [-0.1, -0.05) is 63.6 Å². The number of ether oxygens (including phenoxy) is 4. The van der Waals surface area contributed by atoms with Crippen molar-refractivity contribution in [2.24, 2.45) is 23.7 Å². The van der Waals surface area contributed by atoms with Crippen LogP contribution in [0, 0.1) is 23.7 Å². The zero-order valence-corrected chi connectivity index (χ0v) is 25.0. The summed E-state index contributed by atoms with van der Waals surface area (Å²) in [5.41, 5.74) is 0.780. The van der Waals surface area contributed by atoms with E-state index in [1.54, 1.807) is 13.0 Å². The van der Waals surface area contributed by atoms with Crippen LogP contribution in [0.4, 0.5) is 0 Å². The van der Waals surface area contributed by atoms with Gasteiger partial charge < -0.3 is 29.2 Å². The second-order valence-corrected chi connectivity index (χ2v) is 13.4. The van der Waals surface area contributed by atoms with Gasteiger partial charge in [-0.2, -0.15) is 0 Å². The normalized spacial score (nSPS) is 47.9. The predicted molar refractivity (Wildman–Crippen MR) is 152 cm³/mol. The predicted octanol–water partition coefficient (Wildman–Crippen LogP) is 5.17. The Bertz CT molecular complexity index is 1090. The first-order chi connectivity index (χ1) is 18.9. The average Bonchev–Trinajstić information content (AvgIpc) is 3.23. The van der Waals surface area contributed by atoms with Crippen molar-refractivity contribution in [3.63, 3.8) is 0 Å². The van der Waals surface area contributed by atoms with Gasteiger partial charge >= 0.3 is 5.97 Å². The lowest BCUT2D eigenvalue weighted by Crippen LogP contribution is -2.58. The van der Waals surface area contributed by atoms with Crippen LogP contribution in [0.2, 0.25) is 0 Å². The highest BCUT2D eigenvalue weighted by Crippen LogP contribution is 2.47. The van der Waals surface area contributed by atoms with Crippen molar-refractivity contribution < 1.29 is 34.0 Å². The molecule has 222 valence electrons. The van der Waals surface area contributed by atoms with Crippen molar-refractivity contribution >= 4 is 5.97 Å². The summed E-state index contributed by atoms with van der Waals surface area (Å²) >= 11 is 0. The molecule has 2 N–H and O–H groups in total. The number of hydrogen-bond donors (Lipinski definition) is 2. The van der Waals surface area contributed by atoms with E-state index in [2.05, 4.69) is 46.8 Å². The van der Waals surface area contributed by atoms with Gasteiger partial charge in [0.25, 0.3) is 0 Å². The highest BCUT2D eigenvalue weighted by molar-refractivity contribution is 5.78. The lowest BCUT2D eigenvalue weighted by Gasteiger charge is -2.50. The third-order valence-corrected chi connectivity index (χ3v) is 9.67. The highest BCUT2D eigenvalue weighted by Gasteiger charge is 2.60. The lowest BCUT2D eigenvalue weighted by atomic mass is 9.71. The lowest BCUT2D eigenvalue weighted by molar-refractivity contribution is -0.340. The van der Waals surface area contributed by atoms with Gasteiger partial charge in [-0.3, -0.25) is 4.79 Å². The number of carbonyl (C=O) groups excluding carboxylic acids is 1. The molecule has 10 atom stereocenters. The zero-order valence-electron chi connectivity index (χ0n) is 25.0. The third kappa shape index (κ3) is 5.65. The van der Waals surface area contributed by atoms with Crippen molar-refractivity contribution in [2.45, 2.75) is 122 Å². The summed E-state index contributed by atoms with van der Waals surface area (Å²) < 4.78 is 25.6. The molecule has 40 heavy (non-hydrogen) atoms. The van der Waals surface area contributed by atoms with Crippen molar-refractivity contribution in [2.75, 3.05) is 6.61 Å². The van der Waals surface area contributed by atoms with Crippen LogP contribution in [0.1, 0.15) is 80.1 Å². The van der Waals surface area contributed by atoms with Gasteiger partial charge in [0.05, 0.1) is 18.8 Å². The van der Waals surface area contributed by atoms with Crippen LogP contribution in [0.15, 0.2) is 47.1 Å². The molecule has 1 spiro atoms. The molecule has 2 bridgehead atoms. The maximum atomic E-state index is 13.9. The van der Waals surface area contributed by atoms with Gasteiger partial charge in [0.15, 0.2) is 5.79 Å². The van der Waals surface area contributed by atoms with E-state index in [1.165, 1.54) is 5.57 Å². The smallest absolute Gasteiger partial charge is 0.316 e. The first-order valence-electron chi connectivity index (χ1n) is 15.2. The largest absolute Gasteiger partial charge is 0.462 e.